The van der Waals surface area contributed by atoms with Gasteiger partial charge in [0.2, 0.25) is 0 Å². The molecule has 0 fully saturated rings. The summed E-state index contributed by atoms with van der Waals surface area (Å²) in [5.41, 5.74) is 3.08. The summed E-state index contributed by atoms with van der Waals surface area (Å²) in [5, 5.41) is 25.4. The number of carbonyl (C=O) groups is 1. The maximum atomic E-state index is 12.3. The Morgan fingerprint density at radius 2 is 1.70 bits per heavy atom. The number of anilines is 1. The van der Waals surface area contributed by atoms with Crippen LogP contribution in [-0.4, -0.2) is 22.7 Å². The third kappa shape index (κ3) is 5.25. The highest BCUT2D eigenvalue weighted by atomic mass is 16.3. The third-order valence-corrected chi connectivity index (χ3v) is 4.21. The molecular weight excluding hydrogens is 340 g/mol. The number of hydrogen-bond acceptors (Lipinski definition) is 4. The first kappa shape index (κ1) is 18.3. The zero-order chi connectivity index (χ0) is 19.1. The minimum absolute atomic E-state index is 0.0937. The summed E-state index contributed by atoms with van der Waals surface area (Å²) in [7, 11) is 0. The first-order valence-electron chi connectivity index (χ1n) is 8.79. The number of nitrogens with one attached hydrogen (secondary N) is 2. The lowest BCUT2D eigenvalue weighted by Gasteiger charge is -2.10. The SMILES string of the molecule is O=C(NCCc1ccccc1)c1cccc(NCc2cc(O)ccc2O)c1. The van der Waals surface area contributed by atoms with Gasteiger partial charge >= 0.3 is 0 Å². The number of phenols is 2. The molecule has 0 aliphatic rings. The lowest BCUT2D eigenvalue weighted by Crippen LogP contribution is -2.25. The molecule has 0 radical (unpaired) electrons. The molecule has 0 atom stereocenters. The Labute approximate surface area is 158 Å². The Morgan fingerprint density at radius 3 is 2.52 bits per heavy atom. The number of benzene rings is 3. The van der Waals surface area contributed by atoms with Crippen molar-refractivity contribution in [2.24, 2.45) is 0 Å². The van der Waals surface area contributed by atoms with Gasteiger partial charge < -0.3 is 20.8 Å². The van der Waals surface area contributed by atoms with E-state index in [-0.39, 0.29) is 17.4 Å². The van der Waals surface area contributed by atoms with Crippen LogP contribution in [-0.2, 0) is 13.0 Å². The van der Waals surface area contributed by atoms with Crippen molar-refractivity contribution in [1.29, 1.82) is 0 Å². The predicted molar refractivity (Wildman–Crippen MR) is 106 cm³/mol. The van der Waals surface area contributed by atoms with Gasteiger partial charge in [0.05, 0.1) is 0 Å². The molecule has 3 aromatic carbocycles. The van der Waals surface area contributed by atoms with Gasteiger partial charge in [0.1, 0.15) is 11.5 Å². The Kier molecular flexibility index (Phi) is 5.94. The minimum Gasteiger partial charge on any atom is -0.508 e. The molecule has 0 heterocycles. The zero-order valence-corrected chi connectivity index (χ0v) is 14.9. The van der Waals surface area contributed by atoms with Gasteiger partial charge in [0.25, 0.3) is 5.91 Å². The Balaban J connectivity index is 1.56. The van der Waals surface area contributed by atoms with E-state index in [9.17, 15) is 15.0 Å². The lowest BCUT2D eigenvalue weighted by atomic mass is 10.1. The van der Waals surface area contributed by atoms with Crippen molar-refractivity contribution in [3.8, 4) is 11.5 Å². The van der Waals surface area contributed by atoms with Crippen LogP contribution >= 0.6 is 0 Å². The molecule has 4 N–H and O–H groups in total. The van der Waals surface area contributed by atoms with Gasteiger partial charge in [-0.2, -0.15) is 0 Å². The molecule has 0 aliphatic heterocycles. The number of amides is 1. The van der Waals surface area contributed by atoms with E-state index in [1.165, 1.54) is 23.8 Å². The molecule has 0 bridgehead atoms. The first-order valence-corrected chi connectivity index (χ1v) is 8.79. The van der Waals surface area contributed by atoms with E-state index in [0.29, 0.717) is 24.2 Å². The maximum absolute atomic E-state index is 12.3. The van der Waals surface area contributed by atoms with Crippen molar-refractivity contribution in [3.05, 3.63) is 89.5 Å². The number of carbonyl (C=O) groups excluding carboxylic acids is 1. The molecule has 138 valence electrons. The van der Waals surface area contributed by atoms with Crippen LogP contribution in [0, 0.1) is 0 Å². The number of hydrogen-bond donors (Lipinski definition) is 4. The number of rotatable bonds is 7. The fourth-order valence-corrected chi connectivity index (χ4v) is 2.75. The number of phenolic OH excluding ortho intramolecular Hbond substituents is 2. The predicted octanol–water partition coefficient (Wildman–Crippen LogP) is 3.68. The number of aromatic hydroxyl groups is 2. The average Bonchev–Trinajstić information content (AvgIpc) is 2.69. The summed E-state index contributed by atoms with van der Waals surface area (Å²) in [4.78, 5) is 12.3. The van der Waals surface area contributed by atoms with Crippen molar-refractivity contribution in [1.82, 2.24) is 5.32 Å². The maximum Gasteiger partial charge on any atom is 0.251 e. The Morgan fingerprint density at radius 1 is 0.889 bits per heavy atom. The van der Waals surface area contributed by atoms with Crippen molar-refractivity contribution in [2.45, 2.75) is 13.0 Å². The van der Waals surface area contributed by atoms with Gasteiger partial charge in [-0.25, -0.2) is 0 Å². The topological polar surface area (TPSA) is 81.6 Å². The van der Waals surface area contributed by atoms with Crippen molar-refractivity contribution in [3.63, 3.8) is 0 Å². The fourth-order valence-electron chi connectivity index (χ4n) is 2.75. The van der Waals surface area contributed by atoms with E-state index in [1.54, 1.807) is 18.2 Å². The molecule has 0 saturated carbocycles. The second-order valence-electron chi connectivity index (χ2n) is 6.24. The quantitative estimate of drug-likeness (QED) is 0.483. The summed E-state index contributed by atoms with van der Waals surface area (Å²) in [5.74, 6) is 0.0704. The van der Waals surface area contributed by atoms with E-state index in [4.69, 9.17) is 0 Å². The summed E-state index contributed by atoms with van der Waals surface area (Å²) in [6.07, 6.45) is 0.779. The van der Waals surface area contributed by atoms with Crippen molar-refractivity contribution in [2.75, 3.05) is 11.9 Å². The first-order chi connectivity index (χ1) is 13.1. The van der Waals surface area contributed by atoms with Gasteiger partial charge in [-0.1, -0.05) is 36.4 Å². The molecule has 1 amide bonds. The van der Waals surface area contributed by atoms with E-state index in [2.05, 4.69) is 10.6 Å². The highest BCUT2D eigenvalue weighted by Crippen LogP contribution is 2.23. The molecular formula is C22H22N2O3. The Bertz CT molecular complexity index is 910. The van der Waals surface area contributed by atoms with Crippen LogP contribution in [0.5, 0.6) is 11.5 Å². The average molecular weight is 362 g/mol. The standard InChI is InChI=1S/C22H22N2O3/c25-20-9-10-21(26)18(14-20)15-24-19-8-4-7-17(13-19)22(27)23-12-11-16-5-2-1-3-6-16/h1-10,13-14,24-26H,11-12,15H2,(H,23,27). The molecule has 0 aliphatic carbocycles. The second-order valence-corrected chi connectivity index (χ2v) is 6.24. The second kappa shape index (κ2) is 8.76. The molecule has 0 unspecified atom stereocenters. The zero-order valence-electron chi connectivity index (χ0n) is 14.9. The van der Waals surface area contributed by atoms with E-state index in [1.807, 2.05) is 36.4 Å². The largest absolute Gasteiger partial charge is 0.508 e. The third-order valence-electron chi connectivity index (χ3n) is 4.21. The van der Waals surface area contributed by atoms with Crippen LogP contribution in [0.25, 0.3) is 0 Å². The monoisotopic (exact) mass is 362 g/mol. The highest BCUT2D eigenvalue weighted by Gasteiger charge is 2.07. The minimum atomic E-state index is -0.130. The fraction of sp³-hybridized carbons (Fsp3) is 0.136. The summed E-state index contributed by atoms with van der Waals surface area (Å²) in [6.45, 7) is 0.900. The molecule has 5 heteroatoms. The van der Waals surface area contributed by atoms with E-state index in [0.717, 1.165) is 12.1 Å². The van der Waals surface area contributed by atoms with Crippen LogP contribution in [0.15, 0.2) is 72.8 Å². The van der Waals surface area contributed by atoms with Gasteiger partial charge in [0, 0.05) is 29.9 Å². The normalized spacial score (nSPS) is 10.4. The lowest BCUT2D eigenvalue weighted by molar-refractivity contribution is 0.0954. The van der Waals surface area contributed by atoms with Crippen LogP contribution in [0.2, 0.25) is 0 Å². The molecule has 27 heavy (non-hydrogen) atoms. The van der Waals surface area contributed by atoms with Gasteiger partial charge in [-0.3, -0.25) is 4.79 Å². The summed E-state index contributed by atoms with van der Waals surface area (Å²) < 4.78 is 0. The van der Waals surface area contributed by atoms with Crippen molar-refractivity contribution < 1.29 is 15.0 Å². The molecule has 0 aromatic heterocycles. The van der Waals surface area contributed by atoms with E-state index < -0.39 is 0 Å². The molecule has 3 aromatic rings. The molecule has 0 spiro atoms. The smallest absolute Gasteiger partial charge is 0.251 e. The van der Waals surface area contributed by atoms with Gasteiger partial charge in [-0.05, 0) is 48.4 Å². The van der Waals surface area contributed by atoms with Gasteiger partial charge in [-0.15, -0.1) is 0 Å². The summed E-state index contributed by atoms with van der Waals surface area (Å²) >= 11 is 0. The van der Waals surface area contributed by atoms with Crippen LogP contribution in [0.4, 0.5) is 5.69 Å². The molecule has 5 nitrogen and oxygen atoms in total. The molecule has 3 rings (SSSR count). The van der Waals surface area contributed by atoms with E-state index >= 15 is 0 Å². The van der Waals surface area contributed by atoms with Crippen LogP contribution in [0.1, 0.15) is 21.5 Å². The highest BCUT2D eigenvalue weighted by molar-refractivity contribution is 5.95. The molecule has 0 saturated heterocycles. The van der Waals surface area contributed by atoms with Gasteiger partial charge in [0.15, 0.2) is 0 Å². The van der Waals surface area contributed by atoms with Crippen molar-refractivity contribution >= 4 is 11.6 Å². The Hall–Kier alpha value is -3.47. The van der Waals surface area contributed by atoms with Crippen LogP contribution < -0.4 is 10.6 Å². The van der Waals surface area contributed by atoms with Crippen LogP contribution in [0.3, 0.4) is 0 Å². The summed E-state index contributed by atoms with van der Waals surface area (Å²) in [6, 6.07) is 21.6.